The molecule has 6 N–H and O–H groups in total. The second-order valence-corrected chi connectivity index (χ2v) is 4.80. The van der Waals surface area contributed by atoms with Crippen molar-refractivity contribution in [3.8, 4) is 0 Å². The Morgan fingerprint density at radius 2 is 1.94 bits per heavy atom. The first-order valence-electron chi connectivity index (χ1n) is 4.75. The highest BCUT2D eigenvalue weighted by Crippen LogP contribution is 2.15. The fraction of sp³-hybridized carbons (Fsp3) is 0.222. The van der Waals surface area contributed by atoms with Crippen LogP contribution < -0.4 is 20.9 Å². The summed E-state index contributed by atoms with van der Waals surface area (Å²) >= 11 is 0. The van der Waals surface area contributed by atoms with E-state index in [-0.39, 0.29) is 11.6 Å². The first-order valence-corrected chi connectivity index (χ1v) is 6.29. The Morgan fingerprint density at radius 3 is 2.47 bits per heavy atom. The summed E-state index contributed by atoms with van der Waals surface area (Å²) in [6.45, 7) is 1.54. The summed E-state index contributed by atoms with van der Waals surface area (Å²) < 4.78 is 23.7. The Balaban J connectivity index is 2.83. The molecule has 0 aliphatic carbocycles. The molecule has 1 atom stereocenters. The van der Waals surface area contributed by atoms with Crippen LogP contribution in [0.15, 0.2) is 24.3 Å². The summed E-state index contributed by atoms with van der Waals surface area (Å²) in [5, 5.41) is 7.35. The number of carbonyl (C=O) groups is 1. The molecular formula is C9H14N4O3S. The maximum atomic E-state index is 11.3. The van der Waals surface area contributed by atoms with Gasteiger partial charge in [-0.25, -0.2) is 5.14 Å². The lowest BCUT2D eigenvalue weighted by atomic mass is 10.2. The van der Waals surface area contributed by atoms with Gasteiger partial charge in [-0.3, -0.25) is 9.52 Å². The van der Waals surface area contributed by atoms with Crippen LogP contribution in [0.3, 0.4) is 0 Å². The van der Waals surface area contributed by atoms with E-state index in [4.69, 9.17) is 10.9 Å². The minimum atomic E-state index is -3.83. The lowest BCUT2D eigenvalue weighted by molar-refractivity contribution is -0.117. The number of anilines is 2. The fourth-order valence-corrected chi connectivity index (χ4v) is 1.54. The maximum absolute atomic E-state index is 11.3. The predicted molar refractivity (Wildman–Crippen MR) is 65.5 cm³/mol. The maximum Gasteiger partial charge on any atom is 0.296 e. The van der Waals surface area contributed by atoms with Gasteiger partial charge in [-0.05, 0) is 25.1 Å². The van der Waals surface area contributed by atoms with Crippen molar-refractivity contribution in [3.63, 3.8) is 0 Å². The minimum absolute atomic E-state index is 0.259. The van der Waals surface area contributed by atoms with Crippen molar-refractivity contribution in [2.45, 2.75) is 13.0 Å². The van der Waals surface area contributed by atoms with Crippen LogP contribution in [0.1, 0.15) is 6.92 Å². The largest absolute Gasteiger partial charge is 0.325 e. The van der Waals surface area contributed by atoms with Gasteiger partial charge in [-0.1, -0.05) is 6.07 Å². The number of nitrogens with two attached hydrogens (primary N) is 2. The molecule has 8 heteroatoms. The zero-order valence-corrected chi connectivity index (χ0v) is 9.99. The number of hydrogen-bond donors (Lipinski definition) is 4. The molecule has 0 saturated heterocycles. The van der Waals surface area contributed by atoms with Crippen molar-refractivity contribution >= 4 is 27.5 Å². The molecule has 7 nitrogen and oxygen atoms in total. The molecule has 0 radical (unpaired) electrons. The van der Waals surface area contributed by atoms with Gasteiger partial charge < -0.3 is 11.1 Å². The molecule has 94 valence electrons. The third-order valence-corrected chi connectivity index (χ3v) is 2.32. The molecule has 1 aromatic carbocycles. The van der Waals surface area contributed by atoms with Crippen molar-refractivity contribution in [2.75, 3.05) is 10.0 Å². The Labute approximate surface area is 99.4 Å². The summed E-state index contributed by atoms with van der Waals surface area (Å²) in [5.41, 5.74) is 6.07. The number of nitrogens with one attached hydrogen (secondary N) is 2. The quantitative estimate of drug-likeness (QED) is 0.585. The van der Waals surface area contributed by atoms with E-state index in [0.717, 1.165) is 0 Å². The van der Waals surface area contributed by atoms with E-state index in [1.54, 1.807) is 19.1 Å². The molecule has 1 aromatic rings. The average molecular weight is 258 g/mol. The molecule has 0 unspecified atom stereocenters. The van der Waals surface area contributed by atoms with Gasteiger partial charge in [0.1, 0.15) is 0 Å². The van der Waals surface area contributed by atoms with Gasteiger partial charge in [0.25, 0.3) is 10.2 Å². The standard InChI is InChI=1S/C9H14N4O3S/c1-6(10)9(14)12-7-3-2-4-8(5-7)13-17(11,15)16/h2-6,13H,10H2,1H3,(H,12,14)(H2,11,15,16)/t6-/m0/s1. The van der Waals surface area contributed by atoms with Crippen LogP contribution >= 0.6 is 0 Å². The molecule has 0 bridgehead atoms. The molecule has 17 heavy (non-hydrogen) atoms. The highest BCUT2D eigenvalue weighted by atomic mass is 32.2. The molecular weight excluding hydrogens is 244 g/mol. The van der Waals surface area contributed by atoms with E-state index in [1.165, 1.54) is 12.1 Å². The molecule has 0 aliphatic heterocycles. The summed E-state index contributed by atoms with van der Waals surface area (Å²) in [7, 11) is -3.83. The van der Waals surface area contributed by atoms with Gasteiger partial charge in [0, 0.05) is 5.69 Å². The predicted octanol–water partition coefficient (Wildman–Crippen LogP) is -0.412. The lowest BCUT2D eigenvalue weighted by Crippen LogP contribution is -2.32. The molecule has 0 saturated carbocycles. The molecule has 1 amide bonds. The first kappa shape index (κ1) is 13.4. The number of amides is 1. The zero-order valence-electron chi connectivity index (χ0n) is 9.17. The number of benzene rings is 1. The van der Waals surface area contributed by atoms with E-state index in [9.17, 15) is 13.2 Å². The number of carbonyl (C=O) groups excluding carboxylic acids is 1. The summed E-state index contributed by atoms with van der Waals surface area (Å²) in [6, 6.07) is 5.47. The second-order valence-electron chi connectivity index (χ2n) is 3.51. The van der Waals surface area contributed by atoms with Crippen LogP contribution in [0.2, 0.25) is 0 Å². The normalized spacial score (nSPS) is 12.9. The van der Waals surface area contributed by atoms with Crippen LogP contribution in [0.5, 0.6) is 0 Å². The van der Waals surface area contributed by atoms with Crippen molar-refractivity contribution < 1.29 is 13.2 Å². The Kier molecular flexibility index (Phi) is 4.05. The zero-order chi connectivity index (χ0) is 13.1. The molecule has 1 rings (SSSR count). The smallest absolute Gasteiger partial charge is 0.296 e. The Hall–Kier alpha value is -1.64. The van der Waals surface area contributed by atoms with Crippen LogP contribution in [0.4, 0.5) is 11.4 Å². The van der Waals surface area contributed by atoms with Crippen LogP contribution in [0.25, 0.3) is 0 Å². The Bertz CT molecular complexity index is 513. The van der Waals surface area contributed by atoms with Crippen molar-refractivity contribution in [1.29, 1.82) is 0 Å². The van der Waals surface area contributed by atoms with E-state index < -0.39 is 16.3 Å². The average Bonchev–Trinajstić information content (AvgIpc) is 2.15. The molecule has 0 aliphatic rings. The number of hydrogen-bond acceptors (Lipinski definition) is 4. The van der Waals surface area contributed by atoms with Gasteiger partial charge in [0.15, 0.2) is 0 Å². The highest BCUT2D eigenvalue weighted by molar-refractivity contribution is 7.90. The summed E-state index contributed by atoms with van der Waals surface area (Å²) in [5.74, 6) is -0.363. The molecule has 0 heterocycles. The van der Waals surface area contributed by atoms with Gasteiger partial charge in [-0.15, -0.1) is 0 Å². The van der Waals surface area contributed by atoms with Gasteiger partial charge in [-0.2, -0.15) is 8.42 Å². The third kappa shape index (κ3) is 4.81. The number of rotatable bonds is 4. The van der Waals surface area contributed by atoms with E-state index in [1.807, 2.05) is 0 Å². The van der Waals surface area contributed by atoms with Gasteiger partial charge in [0.2, 0.25) is 5.91 Å². The summed E-state index contributed by atoms with van der Waals surface area (Å²) in [6.07, 6.45) is 0. The molecule has 0 aromatic heterocycles. The topological polar surface area (TPSA) is 127 Å². The second kappa shape index (κ2) is 5.13. The van der Waals surface area contributed by atoms with Crippen LogP contribution in [0, 0.1) is 0 Å². The van der Waals surface area contributed by atoms with Crippen LogP contribution in [-0.2, 0) is 15.0 Å². The Morgan fingerprint density at radius 1 is 1.35 bits per heavy atom. The molecule has 0 fully saturated rings. The SMILES string of the molecule is C[C@H](N)C(=O)Nc1cccc(NS(N)(=O)=O)c1. The van der Waals surface area contributed by atoms with Crippen molar-refractivity contribution in [1.82, 2.24) is 0 Å². The first-order chi connectivity index (χ1) is 7.78. The lowest BCUT2D eigenvalue weighted by Gasteiger charge is -2.09. The van der Waals surface area contributed by atoms with Gasteiger partial charge in [0.05, 0.1) is 11.7 Å². The summed E-state index contributed by atoms with van der Waals surface area (Å²) in [4.78, 5) is 11.3. The highest BCUT2D eigenvalue weighted by Gasteiger charge is 2.08. The van der Waals surface area contributed by atoms with Crippen molar-refractivity contribution in [3.05, 3.63) is 24.3 Å². The monoisotopic (exact) mass is 258 g/mol. The minimum Gasteiger partial charge on any atom is -0.325 e. The van der Waals surface area contributed by atoms with E-state index in [2.05, 4.69) is 10.0 Å². The molecule has 0 spiro atoms. The fourth-order valence-electron chi connectivity index (χ4n) is 1.08. The van der Waals surface area contributed by atoms with Crippen molar-refractivity contribution in [2.24, 2.45) is 10.9 Å². The third-order valence-electron chi connectivity index (χ3n) is 1.80. The van der Waals surface area contributed by atoms with Crippen LogP contribution in [-0.4, -0.2) is 20.4 Å². The van der Waals surface area contributed by atoms with Gasteiger partial charge >= 0.3 is 0 Å². The van der Waals surface area contributed by atoms with E-state index >= 15 is 0 Å². The van der Waals surface area contributed by atoms with E-state index in [0.29, 0.717) is 5.69 Å².